The van der Waals surface area contributed by atoms with Crippen LogP contribution in [0.25, 0.3) is 0 Å². The highest BCUT2D eigenvalue weighted by Crippen LogP contribution is 2.41. The Morgan fingerprint density at radius 3 is 2.44 bits per heavy atom. The van der Waals surface area contributed by atoms with E-state index in [-0.39, 0.29) is 23.8 Å². The molecule has 0 aromatic rings. The van der Waals surface area contributed by atoms with E-state index in [0.29, 0.717) is 12.3 Å². The Morgan fingerprint density at radius 1 is 1.44 bits per heavy atom. The summed E-state index contributed by atoms with van der Waals surface area (Å²) < 4.78 is 4.75. The molecule has 1 rings (SSSR count). The van der Waals surface area contributed by atoms with E-state index in [1.165, 1.54) is 7.11 Å². The number of esters is 1. The fourth-order valence-electron chi connectivity index (χ4n) is 3.44. The highest BCUT2D eigenvalue weighted by Gasteiger charge is 2.47. The second-order valence-electron chi connectivity index (χ2n) is 5.56. The molecule has 4 heteroatoms. The molecular formula is C14H27NO3. The van der Waals surface area contributed by atoms with E-state index in [9.17, 15) is 9.90 Å². The lowest BCUT2D eigenvalue weighted by Crippen LogP contribution is -2.44. The Labute approximate surface area is 110 Å². The highest BCUT2D eigenvalue weighted by molar-refractivity contribution is 5.73. The van der Waals surface area contributed by atoms with Gasteiger partial charge in [0, 0.05) is 12.0 Å². The van der Waals surface area contributed by atoms with Crippen molar-refractivity contribution in [3.63, 3.8) is 0 Å². The zero-order valence-electron chi connectivity index (χ0n) is 11.9. The predicted octanol–water partition coefficient (Wildman–Crippen LogP) is 1.56. The molecule has 106 valence electrons. The molecule has 0 saturated heterocycles. The summed E-state index contributed by atoms with van der Waals surface area (Å²) in [4.78, 5) is 11.6. The summed E-state index contributed by atoms with van der Waals surface area (Å²) in [6, 6.07) is -0.0420. The van der Waals surface area contributed by atoms with Crippen LogP contribution in [0, 0.1) is 23.7 Å². The van der Waals surface area contributed by atoms with Crippen LogP contribution in [0.15, 0.2) is 0 Å². The third kappa shape index (κ3) is 2.86. The Morgan fingerprint density at radius 2 is 2.00 bits per heavy atom. The summed E-state index contributed by atoms with van der Waals surface area (Å²) in [5, 5.41) is 10.4. The van der Waals surface area contributed by atoms with Crippen molar-refractivity contribution in [1.29, 1.82) is 0 Å². The van der Waals surface area contributed by atoms with Gasteiger partial charge in [0.25, 0.3) is 0 Å². The molecule has 0 aliphatic heterocycles. The minimum atomic E-state index is -0.664. The number of hydrogen-bond acceptors (Lipinski definition) is 4. The van der Waals surface area contributed by atoms with Gasteiger partial charge in [-0.2, -0.15) is 0 Å². The molecular weight excluding hydrogens is 230 g/mol. The summed E-state index contributed by atoms with van der Waals surface area (Å²) in [5.41, 5.74) is 6.32. The maximum absolute atomic E-state index is 11.6. The molecule has 1 aliphatic rings. The molecule has 1 aliphatic carbocycles. The van der Waals surface area contributed by atoms with E-state index in [0.717, 1.165) is 12.8 Å². The zero-order valence-corrected chi connectivity index (χ0v) is 11.9. The monoisotopic (exact) mass is 257 g/mol. The van der Waals surface area contributed by atoms with Crippen LogP contribution in [-0.2, 0) is 9.53 Å². The molecule has 0 aromatic carbocycles. The topological polar surface area (TPSA) is 72.5 Å². The Balaban J connectivity index is 2.80. The van der Waals surface area contributed by atoms with E-state index in [1.54, 1.807) is 0 Å². The van der Waals surface area contributed by atoms with Gasteiger partial charge in [-0.25, -0.2) is 0 Å². The van der Waals surface area contributed by atoms with Gasteiger partial charge in [0.2, 0.25) is 0 Å². The molecule has 1 saturated carbocycles. The molecule has 0 spiro atoms. The largest absolute Gasteiger partial charge is 0.469 e. The van der Waals surface area contributed by atoms with Crippen LogP contribution >= 0.6 is 0 Å². The van der Waals surface area contributed by atoms with Crippen LogP contribution in [0.1, 0.15) is 40.0 Å². The van der Waals surface area contributed by atoms with Crippen molar-refractivity contribution in [3.8, 4) is 0 Å². The quantitative estimate of drug-likeness (QED) is 0.733. The van der Waals surface area contributed by atoms with Crippen molar-refractivity contribution in [2.75, 3.05) is 7.11 Å². The number of aliphatic hydroxyl groups is 1. The van der Waals surface area contributed by atoms with Gasteiger partial charge in [0.05, 0.1) is 19.1 Å². The Kier molecular flexibility index (Phi) is 5.60. The maximum Gasteiger partial charge on any atom is 0.311 e. The summed E-state index contributed by atoms with van der Waals surface area (Å²) in [7, 11) is 1.37. The minimum Gasteiger partial charge on any atom is -0.469 e. The predicted molar refractivity (Wildman–Crippen MR) is 70.8 cm³/mol. The van der Waals surface area contributed by atoms with E-state index >= 15 is 0 Å². The number of carbonyl (C=O) groups excluding carboxylic acids is 1. The number of aliphatic hydroxyl groups excluding tert-OH is 1. The summed E-state index contributed by atoms with van der Waals surface area (Å²) >= 11 is 0. The number of methoxy groups -OCH3 is 1. The van der Waals surface area contributed by atoms with Crippen LogP contribution in [0.3, 0.4) is 0 Å². The number of ether oxygens (including phenoxy) is 1. The van der Waals surface area contributed by atoms with Crippen molar-refractivity contribution < 1.29 is 14.6 Å². The fraction of sp³-hybridized carbons (Fsp3) is 0.929. The van der Waals surface area contributed by atoms with Gasteiger partial charge in [0.1, 0.15) is 0 Å². The first-order valence-electron chi connectivity index (χ1n) is 6.99. The lowest BCUT2D eigenvalue weighted by Gasteiger charge is -2.32. The van der Waals surface area contributed by atoms with Gasteiger partial charge in [-0.1, -0.05) is 33.6 Å². The van der Waals surface area contributed by atoms with Crippen molar-refractivity contribution >= 4 is 5.97 Å². The molecule has 4 nitrogen and oxygen atoms in total. The number of carbonyl (C=O) groups is 1. The maximum atomic E-state index is 11.6. The van der Waals surface area contributed by atoms with Gasteiger partial charge in [-0.15, -0.1) is 0 Å². The van der Waals surface area contributed by atoms with Crippen LogP contribution in [0.2, 0.25) is 0 Å². The third-order valence-corrected chi connectivity index (χ3v) is 4.63. The normalized spacial score (nSPS) is 33.7. The van der Waals surface area contributed by atoms with E-state index < -0.39 is 12.0 Å². The third-order valence-electron chi connectivity index (χ3n) is 4.63. The fourth-order valence-corrected chi connectivity index (χ4v) is 3.44. The van der Waals surface area contributed by atoms with E-state index in [4.69, 9.17) is 10.5 Å². The Hall–Kier alpha value is -0.610. The molecule has 0 heterocycles. The molecule has 3 N–H and O–H groups in total. The highest BCUT2D eigenvalue weighted by atomic mass is 16.5. The average molecular weight is 257 g/mol. The smallest absolute Gasteiger partial charge is 0.311 e. The van der Waals surface area contributed by atoms with Gasteiger partial charge < -0.3 is 15.6 Å². The number of rotatable bonds is 5. The van der Waals surface area contributed by atoms with Crippen molar-refractivity contribution in [2.24, 2.45) is 29.4 Å². The van der Waals surface area contributed by atoms with Crippen molar-refractivity contribution in [1.82, 2.24) is 0 Å². The summed E-state index contributed by atoms with van der Waals surface area (Å²) in [5.74, 6) is -0.0498. The molecule has 0 amide bonds. The van der Waals surface area contributed by atoms with Crippen molar-refractivity contribution in [2.45, 2.75) is 52.2 Å². The second-order valence-corrected chi connectivity index (χ2v) is 5.56. The molecule has 0 aromatic heterocycles. The first kappa shape index (κ1) is 15.4. The van der Waals surface area contributed by atoms with Gasteiger partial charge in [-0.05, 0) is 18.3 Å². The van der Waals surface area contributed by atoms with Crippen LogP contribution < -0.4 is 5.73 Å². The van der Waals surface area contributed by atoms with E-state index in [2.05, 4.69) is 20.8 Å². The Bertz CT molecular complexity index is 278. The lowest BCUT2D eigenvalue weighted by molar-refractivity contribution is -0.149. The van der Waals surface area contributed by atoms with Crippen molar-refractivity contribution in [3.05, 3.63) is 0 Å². The molecule has 0 radical (unpaired) electrons. The van der Waals surface area contributed by atoms with Gasteiger partial charge >= 0.3 is 5.97 Å². The number of hydrogen-bond donors (Lipinski definition) is 2. The molecule has 0 bridgehead atoms. The van der Waals surface area contributed by atoms with Crippen LogP contribution in [-0.4, -0.2) is 30.3 Å². The second kappa shape index (κ2) is 6.53. The standard InChI is InChI=1S/C14H27NO3/c1-5-9(6-2)12(15)11-8(3)7-10(13(11)16)14(17)18-4/h8-13,16H,5-7,15H2,1-4H3/t8-,10+,11-,12+,13-/m1/s1. The van der Waals surface area contributed by atoms with E-state index in [1.807, 2.05) is 0 Å². The lowest BCUT2D eigenvalue weighted by atomic mass is 9.79. The van der Waals surface area contributed by atoms with Crippen LogP contribution in [0.4, 0.5) is 0 Å². The number of nitrogens with two attached hydrogens (primary N) is 1. The SMILES string of the molecule is CCC(CC)[C@H](N)[C@@H]1[C@H](O)[C@@H](C(=O)OC)C[C@H]1C. The van der Waals surface area contributed by atoms with Gasteiger partial charge in [0.15, 0.2) is 0 Å². The first-order valence-corrected chi connectivity index (χ1v) is 6.99. The minimum absolute atomic E-state index is 0.000926. The average Bonchev–Trinajstić information content (AvgIpc) is 2.65. The summed E-state index contributed by atoms with van der Waals surface area (Å²) in [6.07, 6.45) is 2.03. The molecule has 5 atom stereocenters. The van der Waals surface area contributed by atoms with Crippen LogP contribution in [0.5, 0.6) is 0 Å². The van der Waals surface area contributed by atoms with Gasteiger partial charge in [-0.3, -0.25) is 4.79 Å². The molecule has 18 heavy (non-hydrogen) atoms. The zero-order chi connectivity index (χ0) is 13.9. The molecule has 1 fully saturated rings. The first-order chi connectivity index (χ1) is 8.47. The molecule has 0 unspecified atom stereocenters. The summed E-state index contributed by atoms with van der Waals surface area (Å²) in [6.45, 7) is 6.31.